The van der Waals surface area contributed by atoms with Crippen molar-refractivity contribution in [2.24, 2.45) is 5.14 Å². The molecule has 4 rings (SSSR count). The van der Waals surface area contributed by atoms with Crippen molar-refractivity contribution >= 4 is 10.0 Å². The van der Waals surface area contributed by atoms with Crippen molar-refractivity contribution in [3.8, 4) is 28.6 Å². The van der Waals surface area contributed by atoms with Gasteiger partial charge in [-0.2, -0.15) is 5.10 Å². The Morgan fingerprint density at radius 1 is 1.08 bits per heavy atom. The van der Waals surface area contributed by atoms with Gasteiger partial charge in [0.05, 0.1) is 10.6 Å². The Morgan fingerprint density at radius 2 is 1.80 bits per heavy atom. The van der Waals surface area contributed by atoms with Crippen LogP contribution >= 0.6 is 0 Å². The zero-order valence-electron chi connectivity index (χ0n) is 13.2. The highest BCUT2D eigenvalue weighted by Gasteiger charge is 2.18. The molecule has 2 N–H and O–H groups in total. The Kier molecular flexibility index (Phi) is 3.48. The normalized spacial score (nSPS) is 13.2. The molecule has 128 valence electrons. The summed E-state index contributed by atoms with van der Waals surface area (Å²) >= 11 is 0. The van der Waals surface area contributed by atoms with E-state index < -0.39 is 10.0 Å². The highest BCUT2D eigenvalue weighted by Crippen LogP contribution is 2.34. The number of hydrogen-bond acceptors (Lipinski definition) is 6. The van der Waals surface area contributed by atoms with Crippen LogP contribution in [0, 0.1) is 6.92 Å². The van der Waals surface area contributed by atoms with Gasteiger partial charge in [0.2, 0.25) is 16.8 Å². The van der Waals surface area contributed by atoms with E-state index in [1.54, 1.807) is 23.7 Å². The number of fused-ring (bicyclic) bond motifs is 1. The van der Waals surface area contributed by atoms with E-state index in [9.17, 15) is 8.42 Å². The van der Waals surface area contributed by atoms with Gasteiger partial charge in [-0.1, -0.05) is 0 Å². The van der Waals surface area contributed by atoms with Crippen LogP contribution in [0.5, 0.6) is 11.5 Å². The smallest absolute Gasteiger partial charge is 0.238 e. The van der Waals surface area contributed by atoms with Gasteiger partial charge in [-0.15, -0.1) is 0 Å². The maximum Gasteiger partial charge on any atom is 0.238 e. The fourth-order valence-corrected chi connectivity index (χ4v) is 3.11. The van der Waals surface area contributed by atoms with Crippen LogP contribution in [0.4, 0.5) is 0 Å². The quantitative estimate of drug-likeness (QED) is 0.762. The van der Waals surface area contributed by atoms with E-state index in [2.05, 4.69) is 10.1 Å². The van der Waals surface area contributed by atoms with Gasteiger partial charge in [0.15, 0.2) is 17.3 Å². The van der Waals surface area contributed by atoms with Gasteiger partial charge in [0.1, 0.15) is 5.82 Å². The van der Waals surface area contributed by atoms with Crippen LogP contribution in [-0.4, -0.2) is 30.0 Å². The third kappa shape index (κ3) is 2.83. The van der Waals surface area contributed by atoms with Crippen molar-refractivity contribution < 1.29 is 17.9 Å². The molecule has 0 fully saturated rings. The van der Waals surface area contributed by atoms with Crippen molar-refractivity contribution in [3.63, 3.8) is 0 Å². The van der Waals surface area contributed by atoms with Gasteiger partial charge in [0.25, 0.3) is 0 Å². The molecule has 0 radical (unpaired) electrons. The molecule has 1 aliphatic heterocycles. The molecule has 3 aromatic rings. The monoisotopic (exact) mass is 358 g/mol. The summed E-state index contributed by atoms with van der Waals surface area (Å²) in [7, 11) is -3.74. The molecule has 0 bridgehead atoms. The standard InChI is InChI=1S/C16H14N4O4S/c1-10-18-16(11-2-5-13(6-3-11)25(17,21)22)20(19-10)12-4-7-14-15(8-12)24-9-23-14/h2-8H,9H2,1H3,(H2,17,21,22). The third-order valence-corrected chi connectivity index (χ3v) is 4.68. The van der Waals surface area contributed by atoms with Crippen LogP contribution in [-0.2, 0) is 10.0 Å². The Hall–Kier alpha value is -2.91. The average molecular weight is 358 g/mol. The minimum absolute atomic E-state index is 0.0436. The molecule has 0 spiro atoms. The lowest BCUT2D eigenvalue weighted by molar-refractivity contribution is 0.174. The lowest BCUT2D eigenvalue weighted by Gasteiger charge is -2.07. The molecule has 9 heteroatoms. The van der Waals surface area contributed by atoms with E-state index in [1.165, 1.54) is 12.1 Å². The predicted octanol–water partition coefficient (Wildman–Crippen LogP) is 1.62. The van der Waals surface area contributed by atoms with E-state index in [0.29, 0.717) is 28.7 Å². The molecule has 0 unspecified atom stereocenters. The van der Waals surface area contributed by atoms with Crippen LogP contribution in [0.2, 0.25) is 0 Å². The lowest BCUT2D eigenvalue weighted by atomic mass is 10.2. The van der Waals surface area contributed by atoms with Crippen LogP contribution in [0.1, 0.15) is 5.82 Å². The number of rotatable bonds is 3. The molecule has 1 aliphatic rings. The molecule has 8 nitrogen and oxygen atoms in total. The Morgan fingerprint density at radius 3 is 2.52 bits per heavy atom. The highest BCUT2D eigenvalue weighted by atomic mass is 32.2. The number of sulfonamides is 1. The van der Waals surface area contributed by atoms with E-state index in [0.717, 1.165) is 5.69 Å². The summed E-state index contributed by atoms with van der Waals surface area (Å²) in [5.74, 6) is 2.49. The summed E-state index contributed by atoms with van der Waals surface area (Å²) in [6.07, 6.45) is 0. The van der Waals surface area contributed by atoms with E-state index >= 15 is 0 Å². The Balaban J connectivity index is 1.79. The minimum Gasteiger partial charge on any atom is -0.454 e. The molecule has 25 heavy (non-hydrogen) atoms. The second-order valence-electron chi connectivity index (χ2n) is 5.50. The summed E-state index contributed by atoms with van der Waals surface area (Å²) < 4.78 is 35.2. The van der Waals surface area contributed by atoms with Crippen molar-refractivity contribution in [1.82, 2.24) is 14.8 Å². The Labute approximate surface area is 143 Å². The zero-order chi connectivity index (χ0) is 17.6. The number of primary sulfonamides is 1. The Bertz CT molecular complexity index is 1060. The molecule has 0 atom stereocenters. The summed E-state index contributed by atoms with van der Waals surface area (Å²) in [5, 5.41) is 9.56. The first-order chi connectivity index (χ1) is 11.9. The van der Waals surface area contributed by atoms with Crippen LogP contribution in [0.15, 0.2) is 47.4 Å². The maximum absolute atomic E-state index is 11.4. The lowest BCUT2D eigenvalue weighted by Crippen LogP contribution is -2.11. The van der Waals surface area contributed by atoms with Crippen LogP contribution in [0.25, 0.3) is 17.1 Å². The van der Waals surface area contributed by atoms with Crippen molar-refractivity contribution in [3.05, 3.63) is 48.3 Å². The van der Waals surface area contributed by atoms with Gasteiger partial charge in [-0.3, -0.25) is 0 Å². The van der Waals surface area contributed by atoms with Gasteiger partial charge >= 0.3 is 0 Å². The van der Waals surface area contributed by atoms with E-state index in [4.69, 9.17) is 14.6 Å². The maximum atomic E-state index is 11.4. The average Bonchev–Trinajstić information content (AvgIpc) is 3.19. The number of nitrogens with two attached hydrogens (primary N) is 1. The SMILES string of the molecule is Cc1nc(-c2ccc(S(N)(=O)=O)cc2)n(-c2ccc3c(c2)OCO3)n1. The first-order valence-electron chi connectivity index (χ1n) is 7.39. The van der Waals surface area contributed by atoms with Gasteiger partial charge in [-0.25, -0.2) is 23.2 Å². The number of ether oxygens (including phenoxy) is 2. The summed E-state index contributed by atoms with van der Waals surface area (Å²) in [5.41, 5.74) is 1.47. The van der Waals surface area contributed by atoms with E-state index in [1.807, 2.05) is 18.2 Å². The van der Waals surface area contributed by atoms with Crippen molar-refractivity contribution in [1.29, 1.82) is 0 Å². The predicted molar refractivity (Wildman–Crippen MR) is 89.0 cm³/mol. The van der Waals surface area contributed by atoms with Gasteiger partial charge in [-0.05, 0) is 43.3 Å². The van der Waals surface area contributed by atoms with E-state index in [-0.39, 0.29) is 11.7 Å². The minimum atomic E-state index is -3.74. The summed E-state index contributed by atoms with van der Waals surface area (Å²) in [6.45, 7) is 1.97. The summed E-state index contributed by atoms with van der Waals surface area (Å²) in [4.78, 5) is 4.49. The fourth-order valence-electron chi connectivity index (χ4n) is 2.59. The van der Waals surface area contributed by atoms with Crippen LogP contribution in [0.3, 0.4) is 0 Å². The largest absolute Gasteiger partial charge is 0.454 e. The molecule has 2 heterocycles. The third-order valence-electron chi connectivity index (χ3n) is 3.75. The molecule has 2 aromatic carbocycles. The summed E-state index contributed by atoms with van der Waals surface area (Å²) in [6, 6.07) is 11.7. The van der Waals surface area contributed by atoms with Crippen LogP contribution < -0.4 is 14.6 Å². The van der Waals surface area contributed by atoms with Crippen molar-refractivity contribution in [2.75, 3.05) is 6.79 Å². The fraction of sp³-hybridized carbons (Fsp3) is 0.125. The first kappa shape index (κ1) is 15.6. The highest BCUT2D eigenvalue weighted by molar-refractivity contribution is 7.89. The number of hydrogen-bond donors (Lipinski definition) is 1. The molecule has 0 saturated heterocycles. The molecular weight excluding hydrogens is 344 g/mol. The zero-order valence-corrected chi connectivity index (χ0v) is 14.0. The topological polar surface area (TPSA) is 109 Å². The second kappa shape index (κ2) is 5.57. The second-order valence-corrected chi connectivity index (χ2v) is 7.06. The molecule has 0 saturated carbocycles. The van der Waals surface area contributed by atoms with Gasteiger partial charge in [0, 0.05) is 11.6 Å². The molecule has 0 amide bonds. The first-order valence-corrected chi connectivity index (χ1v) is 8.93. The van der Waals surface area contributed by atoms with Gasteiger partial charge < -0.3 is 9.47 Å². The molecule has 0 aliphatic carbocycles. The number of aryl methyl sites for hydroxylation is 1. The molecule has 1 aromatic heterocycles. The number of aromatic nitrogens is 3. The number of nitrogens with zero attached hydrogens (tertiary/aromatic N) is 3. The number of benzene rings is 2. The van der Waals surface area contributed by atoms with Crippen molar-refractivity contribution in [2.45, 2.75) is 11.8 Å². The molecular formula is C16H14N4O4S.